The summed E-state index contributed by atoms with van der Waals surface area (Å²) in [5.41, 5.74) is 7.19. The summed E-state index contributed by atoms with van der Waals surface area (Å²) >= 11 is 0. The van der Waals surface area contributed by atoms with Gasteiger partial charge in [-0.2, -0.15) is 0 Å². The first-order valence-electron chi connectivity index (χ1n) is 7.49. The smallest absolute Gasteiger partial charge is 0.255 e. The number of hydrogen-bond donors (Lipinski definition) is 3. The van der Waals surface area contributed by atoms with Gasteiger partial charge in [-0.15, -0.1) is 0 Å². The molecule has 0 unspecified atom stereocenters. The molecule has 0 aliphatic heterocycles. The van der Waals surface area contributed by atoms with E-state index in [-0.39, 0.29) is 17.7 Å². The summed E-state index contributed by atoms with van der Waals surface area (Å²) in [5, 5.41) is 5.48. The number of primary amides is 1. The van der Waals surface area contributed by atoms with Crippen molar-refractivity contribution >= 4 is 29.1 Å². The molecule has 0 aromatic heterocycles. The Bertz CT molecular complexity index is 750. The summed E-state index contributed by atoms with van der Waals surface area (Å²) in [6.07, 6.45) is 0. The molecular weight excluding hydrogens is 306 g/mol. The summed E-state index contributed by atoms with van der Waals surface area (Å²) < 4.78 is 0. The van der Waals surface area contributed by atoms with Gasteiger partial charge in [0.05, 0.1) is 0 Å². The lowest BCUT2D eigenvalue weighted by atomic mass is 10.1. The van der Waals surface area contributed by atoms with Crippen LogP contribution in [-0.2, 0) is 4.79 Å². The van der Waals surface area contributed by atoms with E-state index in [9.17, 15) is 14.4 Å². The van der Waals surface area contributed by atoms with Crippen molar-refractivity contribution in [2.24, 2.45) is 11.7 Å². The second-order valence-electron chi connectivity index (χ2n) is 5.62. The van der Waals surface area contributed by atoms with Gasteiger partial charge < -0.3 is 16.4 Å². The number of benzene rings is 2. The topological polar surface area (TPSA) is 101 Å². The SMILES string of the molecule is CC(C)C(=O)Nc1ccc(C(=O)Nc2ccc(C(N)=O)cc2)cc1. The third-order valence-corrected chi connectivity index (χ3v) is 3.37. The Kier molecular flexibility index (Phi) is 5.31. The Hall–Kier alpha value is -3.15. The van der Waals surface area contributed by atoms with Crippen molar-refractivity contribution in [1.82, 2.24) is 0 Å². The summed E-state index contributed by atoms with van der Waals surface area (Å²) in [5.74, 6) is -1.01. The highest BCUT2D eigenvalue weighted by Gasteiger charge is 2.09. The highest BCUT2D eigenvalue weighted by atomic mass is 16.2. The maximum absolute atomic E-state index is 12.2. The van der Waals surface area contributed by atoms with Gasteiger partial charge in [0.2, 0.25) is 11.8 Å². The minimum absolute atomic E-state index is 0.0817. The third kappa shape index (κ3) is 4.42. The molecule has 0 saturated carbocycles. The predicted octanol–water partition coefficient (Wildman–Crippen LogP) is 2.63. The quantitative estimate of drug-likeness (QED) is 0.787. The third-order valence-electron chi connectivity index (χ3n) is 3.37. The molecule has 0 fully saturated rings. The number of amides is 3. The van der Waals surface area contributed by atoms with E-state index in [1.807, 2.05) is 0 Å². The van der Waals surface area contributed by atoms with Gasteiger partial charge in [0.15, 0.2) is 0 Å². The molecule has 2 aromatic carbocycles. The molecule has 0 radical (unpaired) electrons. The molecule has 2 aromatic rings. The van der Waals surface area contributed by atoms with Crippen LogP contribution in [0.2, 0.25) is 0 Å². The first-order valence-corrected chi connectivity index (χ1v) is 7.49. The zero-order chi connectivity index (χ0) is 17.7. The van der Waals surface area contributed by atoms with E-state index in [1.165, 1.54) is 0 Å². The lowest BCUT2D eigenvalue weighted by Gasteiger charge is -2.09. The van der Waals surface area contributed by atoms with E-state index >= 15 is 0 Å². The molecule has 0 bridgehead atoms. The average Bonchev–Trinajstić information content (AvgIpc) is 2.55. The summed E-state index contributed by atoms with van der Waals surface area (Å²) in [6, 6.07) is 12.9. The number of rotatable bonds is 5. The van der Waals surface area contributed by atoms with Gasteiger partial charge in [-0.05, 0) is 48.5 Å². The van der Waals surface area contributed by atoms with Gasteiger partial charge >= 0.3 is 0 Å². The lowest BCUT2D eigenvalue weighted by Crippen LogP contribution is -2.18. The molecule has 0 heterocycles. The zero-order valence-corrected chi connectivity index (χ0v) is 13.5. The van der Waals surface area contributed by atoms with Crippen LogP contribution in [0.25, 0.3) is 0 Å². The molecule has 124 valence electrons. The molecule has 4 N–H and O–H groups in total. The Morgan fingerprint density at radius 1 is 0.792 bits per heavy atom. The average molecular weight is 325 g/mol. The fourth-order valence-corrected chi connectivity index (χ4v) is 1.91. The monoisotopic (exact) mass is 325 g/mol. The standard InChI is InChI=1S/C18H19N3O3/c1-11(2)17(23)20-14-9-5-13(6-10-14)18(24)21-15-7-3-12(4-8-15)16(19)22/h3-11H,1-2H3,(H2,19,22)(H,20,23)(H,21,24). The second kappa shape index (κ2) is 7.41. The van der Waals surface area contributed by atoms with Gasteiger partial charge in [-0.1, -0.05) is 13.8 Å². The number of nitrogens with two attached hydrogens (primary N) is 1. The van der Waals surface area contributed by atoms with Crippen LogP contribution >= 0.6 is 0 Å². The van der Waals surface area contributed by atoms with Crippen LogP contribution in [0.1, 0.15) is 34.6 Å². The van der Waals surface area contributed by atoms with E-state index in [0.29, 0.717) is 22.5 Å². The van der Waals surface area contributed by atoms with E-state index in [4.69, 9.17) is 5.73 Å². The van der Waals surface area contributed by atoms with Crippen LogP contribution in [0.3, 0.4) is 0 Å². The molecule has 6 nitrogen and oxygen atoms in total. The van der Waals surface area contributed by atoms with Crippen LogP contribution in [0, 0.1) is 5.92 Å². The molecule has 0 saturated heterocycles. The Morgan fingerprint density at radius 2 is 1.25 bits per heavy atom. The lowest BCUT2D eigenvalue weighted by molar-refractivity contribution is -0.118. The number of hydrogen-bond acceptors (Lipinski definition) is 3. The highest BCUT2D eigenvalue weighted by Crippen LogP contribution is 2.14. The van der Waals surface area contributed by atoms with E-state index in [2.05, 4.69) is 10.6 Å². The van der Waals surface area contributed by atoms with Crippen molar-refractivity contribution in [1.29, 1.82) is 0 Å². The first-order chi connectivity index (χ1) is 11.4. The summed E-state index contributed by atoms with van der Waals surface area (Å²) in [6.45, 7) is 3.61. The van der Waals surface area contributed by atoms with Gasteiger partial charge in [0, 0.05) is 28.4 Å². The van der Waals surface area contributed by atoms with Crippen LogP contribution in [0.15, 0.2) is 48.5 Å². The number of anilines is 2. The number of nitrogens with one attached hydrogen (secondary N) is 2. The molecule has 0 aliphatic rings. The Morgan fingerprint density at radius 3 is 1.71 bits per heavy atom. The molecule has 6 heteroatoms. The number of carbonyl (C=O) groups excluding carboxylic acids is 3. The van der Waals surface area contributed by atoms with Crippen molar-refractivity contribution in [2.45, 2.75) is 13.8 Å². The molecular formula is C18H19N3O3. The van der Waals surface area contributed by atoms with E-state index in [1.54, 1.807) is 62.4 Å². The molecule has 0 spiro atoms. The molecule has 0 aliphatic carbocycles. The van der Waals surface area contributed by atoms with Gasteiger partial charge in [-0.3, -0.25) is 14.4 Å². The van der Waals surface area contributed by atoms with Crippen molar-refractivity contribution in [2.75, 3.05) is 10.6 Å². The molecule has 3 amide bonds. The minimum atomic E-state index is -0.521. The maximum Gasteiger partial charge on any atom is 0.255 e. The zero-order valence-electron chi connectivity index (χ0n) is 13.5. The van der Waals surface area contributed by atoms with Crippen LogP contribution < -0.4 is 16.4 Å². The van der Waals surface area contributed by atoms with Crippen LogP contribution in [0.5, 0.6) is 0 Å². The number of carbonyl (C=O) groups is 3. The maximum atomic E-state index is 12.2. The molecule has 0 atom stereocenters. The highest BCUT2D eigenvalue weighted by molar-refractivity contribution is 6.05. The summed E-state index contributed by atoms with van der Waals surface area (Å²) in [4.78, 5) is 34.8. The minimum Gasteiger partial charge on any atom is -0.366 e. The van der Waals surface area contributed by atoms with Crippen LogP contribution in [0.4, 0.5) is 11.4 Å². The Balaban J connectivity index is 2.02. The van der Waals surface area contributed by atoms with Crippen LogP contribution in [-0.4, -0.2) is 17.7 Å². The first kappa shape index (κ1) is 17.2. The normalized spacial score (nSPS) is 10.3. The fourth-order valence-electron chi connectivity index (χ4n) is 1.91. The second-order valence-corrected chi connectivity index (χ2v) is 5.62. The predicted molar refractivity (Wildman–Crippen MR) is 92.8 cm³/mol. The molecule has 2 rings (SSSR count). The van der Waals surface area contributed by atoms with Crippen molar-refractivity contribution in [3.63, 3.8) is 0 Å². The van der Waals surface area contributed by atoms with Gasteiger partial charge in [0.1, 0.15) is 0 Å². The van der Waals surface area contributed by atoms with E-state index < -0.39 is 5.91 Å². The van der Waals surface area contributed by atoms with Crippen molar-refractivity contribution in [3.8, 4) is 0 Å². The fraction of sp³-hybridized carbons (Fsp3) is 0.167. The van der Waals surface area contributed by atoms with Crippen molar-refractivity contribution < 1.29 is 14.4 Å². The molecule has 24 heavy (non-hydrogen) atoms. The van der Waals surface area contributed by atoms with Gasteiger partial charge in [-0.25, -0.2) is 0 Å². The van der Waals surface area contributed by atoms with E-state index in [0.717, 1.165) is 0 Å². The largest absolute Gasteiger partial charge is 0.366 e. The summed E-state index contributed by atoms with van der Waals surface area (Å²) in [7, 11) is 0. The van der Waals surface area contributed by atoms with Gasteiger partial charge in [0.25, 0.3) is 5.91 Å². The van der Waals surface area contributed by atoms with Crippen molar-refractivity contribution in [3.05, 3.63) is 59.7 Å². The Labute approximate surface area is 140 Å².